The van der Waals surface area contributed by atoms with Gasteiger partial charge in [-0.15, -0.1) is 0 Å². The highest BCUT2D eigenvalue weighted by molar-refractivity contribution is 6.07. The first kappa shape index (κ1) is 38.8. The molecule has 48 heavy (non-hydrogen) atoms. The molecule has 2 heterocycles. The molecule has 1 amide bonds. The van der Waals surface area contributed by atoms with E-state index in [1.54, 1.807) is 6.20 Å². The fourth-order valence-corrected chi connectivity index (χ4v) is 5.98. The average Bonchev–Trinajstić information content (AvgIpc) is 3.56. The number of fused-ring (bicyclic) bond motifs is 1. The van der Waals surface area contributed by atoms with E-state index in [1.807, 2.05) is 26.0 Å². The third-order valence-corrected chi connectivity index (χ3v) is 9.09. The number of hydrogen-bond donors (Lipinski definition) is 1. The SMILES string of the molecule is CCCCC/C=C/C/C=C/CCCCCCCCOC(=O)C[C@H](NC(=O)C1(C(C)C)CC(c2nccc3c2C=CCC3)=NO1)C(=O)CF. The summed E-state index contributed by atoms with van der Waals surface area (Å²) in [6.07, 6.45) is 29.7. The Labute approximate surface area is 286 Å². The molecular formula is C39H56FN3O5. The van der Waals surface area contributed by atoms with Gasteiger partial charge in [-0.05, 0) is 63.0 Å². The third-order valence-electron chi connectivity index (χ3n) is 9.09. The summed E-state index contributed by atoms with van der Waals surface area (Å²) in [7, 11) is 0. The van der Waals surface area contributed by atoms with Gasteiger partial charge in [-0.3, -0.25) is 19.4 Å². The predicted octanol–water partition coefficient (Wildman–Crippen LogP) is 8.33. The normalized spacial score (nSPS) is 17.8. The quantitative estimate of drug-likeness (QED) is 0.0716. The Morgan fingerprint density at radius 1 is 1.02 bits per heavy atom. The number of rotatable bonds is 23. The zero-order valence-electron chi connectivity index (χ0n) is 29.3. The number of nitrogens with one attached hydrogen (secondary N) is 1. The number of amides is 1. The number of esters is 1. The van der Waals surface area contributed by atoms with Gasteiger partial charge in [-0.2, -0.15) is 0 Å². The van der Waals surface area contributed by atoms with Gasteiger partial charge in [0.1, 0.15) is 18.4 Å². The minimum absolute atomic E-state index is 0.127. The summed E-state index contributed by atoms with van der Waals surface area (Å²) < 4.78 is 18.9. The van der Waals surface area contributed by atoms with Crippen LogP contribution in [0.3, 0.4) is 0 Å². The van der Waals surface area contributed by atoms with Crippen LogP contribution < -0.4 is 5.32 Å². The van der Waals surface area contributed by atoms with Crippen molar-refractivity contribution in [3.63, 3.8) is 0 Å². The average molecular weight is 666 g/mol. The summed E-state index contributed by atoms with van der Waals surface area (Å²) in [4.78, 5) is 49.0. The van der Waals surface area contributed by atoms with Gasteiger partial charge in [0.15, 0.2) is 5.78 Å². The second-order valence-electron chi connectivity index (χ2n) is 13.2. The Hall–Kier alpha value is -3.62. The summed E-state index contributed by atoms with van der Waals surface area (Å²) >= 11 is 0. The van der Waals surface area contributed by atoms with E-state index >= 15 is 0 Å². The summed E-state index contributed by atoms with van der Waals surface area (Å²) in [6, 6.07) is 0.615. The minimum atomic E-state index is -1.43. The number of carbonyl (C=O) groups is 3. The summed E-state index contributed by atoms with van der Waals surface area (Å²) in [5.74, 6) is -2.51. The number of nitrogens with zero attached hydrogens (tertiary/aromatic N) is 2. The van der Waals surface area contributed by atoms with Gasteiger partial charge in [-0.1, -0.05) is 101 Å². The Balaban J connectivity index is 1.37. The van der Waals surface area contributed by atoms with Crippen molar-refractivity contribution in [1.29, 1.82) is 0 Å². The van der Waals surface area contributed by atoms with E-state index in [0.29, 0.717) is 17.8 Å². The van der Waals surface area contributed by atoms with Gasteiger partial charge in [0.05, 0.1) is 18.7 Å². The van der Waals surface area contributed by atoms with E-state index < -0.39 is 42.4 Å². The standard InChI is InChI=1S/C39H56FN3O5/c1-4-5-6-7-8-9-10-11-12-13-14-15-16-17-18-21-26-47-36(45)27-33(35(44)29-40)42-38(46)39(30(2)3)28-34(43-48-39)37-32-23-20-19-22-31(32)24-25-41-37/h8-9,11-12,20,23-25,30,33H,4-7,10,13-19,21-22,26-29H2,1-3H3,(H,42,46)/b9-8+,12-11+/t33-,39?/m0/s1. The van der Waals surface area contributed by atoms with E-state index in [1.165, 1.54) is 38.5 Å². The number of aromatic nitrogens is 1. The van der Waals surface area contributed by atoms with Crippen molar-refractivity contribution in [2.24, 2.45) is 11.1 Å². The second kappa shape index (κ2) is 21.4. The van der Waals surface area contributed by atoms with Gasteiger partial charge in [0.2, 0.25) is 5.60 Å². The molecule has 1 N–H and O–H groups in total. The fraction of sp³-hybridized carbons (Fsp3) is 0.615. The van der Waals surface area contributed by atoms with Crippen molar-refractivity contribution >= 4 is 29.4 Å². The van der Waals surface area contributed by atoms with Crippen LogP contribution in [0.2, 0.25) is 0 Å². The molecule has 8 nitrogen and oxygen atoms in total. The molecule has 0 aromatic carbocycles. The van der Waals surface area contributed by atoms with Crippen molar-refractivity contribution in [3.05, 3.63) is 59.5 Å². The highest BCUT2D eigenvalue weighted by Crippen LogP contribution is 2.35. The molecule has 3 rings (SSSR count). The molecule has 264 valence electrons. The topological polar surface area (TPSA) is 107 Å². The number of Topliss-reactive ketones (excluding diaryl/α,β-unsaturated/α-hetero) is 1. The first-order chi connectivity index (χ1) is 23.3. The molecule has 0 fully saturated rings. The van der Waals surface area contributed by atoms with Crippen LogP contribution in [0.15, 0.2) is 47.8 Å². The highest BCUT2D eigenvalue weighted by Gasteiger charge is 2.51. The van der Waals surface area contributed by atoms with Crippen molar-refractivity contribution < 1.29 is 28.3 Å². The van der Waals surface area contributed by atoms with Gasteiger partial charge in [0.25, 0.3) is 5.91 Å². The summed E-state index contributed by atoms with van der Waals surface area (Å²) in [5.41, 5.74) is 1.86. The number of ether oxygens (including phenoxy) is 1. The highest BCUT2D eigenvalue weighted by atomic mass is 19.1. The lowest BCUT2D eigenvalue weighted by Gasteiger charge is -2.30. The molecule has 1 unspecified atom stereocenters. The molecule has 2 aliphatic rings. The van der Waals surface area contributed by atoms with E-state index in [9.17, 15) is 18.8 Å². The first-order valence-electron chi connectivity index (χ1n) is 18.1. The van der Waals surface area contributed by atoms with Gasteiger partial charge in [0, 0.05) is 24.1 Å². The number of halogens is 1. The van der Waals surface area contributed by atoms with Crippen molar-refractivity contribution in [2.75, 3.05) is 13.3 Å². The van der Waals surface area contributed by atoms with Crippen LogP contribution in [0.25, 0.3) is 6.08 Å². The van der Waals surface area contributed by atoms with Crippen molar-refractivity contribution in [2.45, 2.75) is 135 Å². The Morgan fingerprint density at radius 3 is 2.44 bits per heavy atom. The Bertz CT molecular complexity index is 1300. The Morgan fingerprint density at radius 2 is 1.73 bits per heavy atom. The maximum atomic E-state index is 13.6. The first-order valence-corrected chi connectivity index (χ1v) is 18.1. The number of alkyl halides is 1. The van der Waals surface area contributed by atoms with Crippen LogP contribution in [-0.2, 0) is 30.4 Å². The van der Waals surface area contributed by atoms with Crippen LogP contribution >= 0.6 is 0 Å². The molecule has 0 saturated carbocycles. The molecule has 0 radical (unpaired) electrons. The molecule has 1 aromatic heterocycles. The maximum Gasteiger partial charge on any atom is 0.308 e. The molecule has 9 heteroatoms. The lowest BCUT2D eigenvalue weighted by Crippen LogP contribution is -2.55. The number of hydrogen-bond acceptors (Lipinski definition) is 7. The van der Waals surface area contributed by atoms with E-state index in [2.05, 4.69) is 52.8 Å². The van der Waals surface area contributed by atoms with E-state index in [4.69, 9.17) is 9.57 Å². The van der Waals surface area contributed by atoms with Gasteiger partial charge >= 0.3 is 5.97 Å². The molecule has 0 saturated heterocycles. The van der Waals surface area contributed by atoms with Gasteiger partial charge < -0.3 is 14.9 Å². The molecule has 1 aliphatic carbocycles. The Kier molecular flexibility index (Phi) is 17.3. The number of oxime groups is 1. The minimum Gasteiger partial charge on any atom is -0.466 e. The zero-order chi connectivity index (χ0) is 34.6. The fourth-order valence-electron chi connectivity index (χ4n) is 5.98. The van der Waals surface area contributed by atoms with Crippen molar-refractivity contribution in [1.82, 2.24) is 10.3 Å². The largest absolute Gasteiger partial charge is 0.466 e. The third kappa shape index (κ3) is 12.1. The smallest absolute Gasteiger partial charge is 0.308 e. The summed E-state index contributed by atoms with van der Waals surface area (Å²) in [5, 5.41) is 6.84. The van der Waals surface area contributed by atoms with Crippen LogP contribution in [0.4, 0.5) is 4.39 Å². The maximum absolute atomic E-state index is 13.6. The van der Waals surface area contributed by atoms with Crippen LogP contribution in [-0.4, -0.2) is 53.3 Å². The molecular weight excluding hydrogens is 609 g/mol. The number of allylic oxidation sites excluding steroid dienone is 5. The second-order valence-corrected chi connectivity index (χ2v) is 13.2. The molecule has 0 bridgehead atoms. The molecule has 0 spiro atoms. The molecule has 1 aromatic rings. The lowest BCUT2D eigenvalue weighted by molar-refractivity contribution is -0.153. The number of unbranched alkanes of at least 4 members (excludes halogenated alkanes) is 9. The van der Waals surface area contributed by atoms with Crippen molar-refractivity contribution in [3.8, 4) is 0 Å². The van der Waals surface area contributed by atoms with E-state index in [-0.39, 0.29) is 18.9 Å². The number of carbonyl (C=O) groups excluding carboxylic acids is 3. The molecule has 1 aliphatic heterocycles. The number of pyridine rings is 1. The van der Waals surface area contributed by atoms with E-state index in [0.717, 1.165) is 56.1 Å². The lowest BCUT2D eigenvalue weighted by atomic mass is 9.83. The summed E-state index contributed by atoms with van der Waals surface area (Å²) in [6.45, 7) is 4.77. The van der Waals surface area contributed by atoms with Crippen LogP contribution in [0.1, 0.15) is 134 Å². The zero-order valence-corrected chi connectivity index (χ0v) is 29.3. The number of ketones is 1. The van der Waals surface area contributed by atoms with Crippen LogP contribution in [0.5, 0.6) is 0 Å². The predicted molar refractivity (Wildman–Crippen MR) is 189 cm³/mol. The monoisotopic (exact) mass is 665 g/mol. The van der Waals surface area contributed by atoms with Gasteiger partial charge in [-0.25, -0.2) is 4.39 Å². The number of aryl methyl sites for hydroxylation is 1. The molecule has 2 atom stereocenters. The van der Waals surface area contributed by atoms with Crippen LogP contribution in [0, 0.1) is 5.92 Å².